The van der Waals surface area contributed by atoms with Crippen molar-refractivity contribution < 1.29 is 9.50 Å². The van der Waals surface area contributed by atoms with Gasteiger partial charge >= 0.3 is 0 Å². The molecule has 1 aromatic carbocycles. The maximum absolute atomic E-state index is 12.7. The molecular weight excluding hydrogens is 201 g/mol. The quantitative estimate of drug-likeness (QED) is 0.779. The lowest BCUT2D eigenvalue weighted by molar-refractivity contribution is 0.300. The van der Waals surface area contributed by atoms with Gasteiger partial charge in [-0.1, -0.05) is 6.92 Å². The van der Waals surface area contributed by atoms with Crippen LogP contribution >= 0.6 is 11.8 Å². The zero-order valence-electron chi connectivity index (χ0n) is 7.70. The number of halogens is 1. The van der Waals surface area contributed by atoms with Crippen molar-refractivity contribution in [2.45, 2.75) is 17.1 Å². The van der Waals surface area contributed by atoms with Crippen LogP contribution in [0, 0.1) is 17.1 Å². The van der Waals surface area contributed by atoms with Crippen LogP contribution in [0.15, 0.2) is 23.1 Å². The highest BCUT2D eigenvalue weighted by Gasteiger charge is 2.08. The van der Waals surface area contributed by atoms with Crippen molar-refractivity contribution in [3.63, 3.8) is 0 Å². The molecule has 0 aromatic heterocycles. The Morgan fingerprint density at radius 3 is 2.93 bits per heavy atom. The van der Waals surface area contributed by atoms with Crippen LogP contribution in [0.3, 0.4) is 0 Å². The fraction of sp³-hybridized carbons (Fsp3) is 0.300. The molecular formula is C10H10FNOS. The van der Waals surface area contributed by atoms with Gasteiger partial charge in [0.1, 0.15) is 11.9 Å². The summed E-state index contributed by atoms with van der Waals surface area (Å²) in [5.74, 6) is -0.414. The molecule has 1 atom stereocenters. The van der Waals surface area contributed by atoms with Gasteiger partial charge in [-0.25, -0.2) is 4.39 Å². The van der Waals surface area contributed by atoms with Crippen LogP contribution in [0.5, 0.6) is 0 Å². The van der Waals surface area contributed by atoms with E-state index in [9.17, 15) is 4.39 Å². The summed E-state index contributed by atoms with van der Waals surface area (Å²) in [4.78, 5) is 0.704. The predicted molar refractivity (Wildman–Crippen MR) is 53.5 cm³/mol. The van der Waals surface area contributed by atoms with Crippen LogP contribution in [0.25, 0.3) is 0 Å². The minimum atomic E-state index is -0.414. The van der Waals surface area contributed by atoms with E-state index in [0.29, 0.717) is 10.5 Å². The molecule has 0 saturated carbocycles. The largest absolute Gasteiger partial charge is 0.395 e. The first-order chi connectivity index (χ1) is 6.67. The average molecular weight is 211 g/mol. The molecule has 0 amide bonds. The highest BCUT2D eigenvalue weighted by molar-refractivity contribution is 8.00. The van der Waals surface area contributed by atoms with Crippen molar-refractivity contribution in [2.24, 2.45) is 0 Å². The monoisotopic (exact) mass is 211 g/mol. The van der Waals surface area contributed by atoms with Crippen LogP contribution in [0.2, 0.25) is 0 Å². The Morgan fingerprint density at radius 2 is 2.36 bits per heavy atom. The second-order valence-corrected chi connectivity index (χ2v) is 4.34. The second-order valence-electron chi connectivity index (χ2n) is 2.86. The maximum Gasteiger partial charge on any atom is 0.124 e. The lowest BCUT2D eigenvalue weighted by atomic mass is 10.2. The van der Waals surface area contributed by atoms with Gasteiger partial charge in [-0.05, 0) is 18.2 Å². The smallest absolute Gasteiger partial charge is 0.124 e. The van der Waals surface area contributed by atoms with E-state index < -0.39 is 5.82 Å². The molecule has 2 nitrogen and oxygen atoms in total. The topological polar surface area (TPSA) is 44.0 Å². The van der Waals surface area contributed by atoms with E-state index in [2.05, 4.69) is 0 Å². The Balaban J connectivity index is 2.92. The first kappa shape index (κ1) is 11.0. The van der Waals surface area contributed by atoms with Crippen molar-refractivity contribution in [3.8, 4) is 6.07 Å². The van der Waals surface area contributed by atoms with Crippen LogP contribution in [-0.4, -0.2) is 17.0 Å². The van der Waals surface area contributed by atoms with E-state index in [4.69, 9.17) is 10.4 Å². The standard InChI is InChI=1S/C10H10FNOS/c1-7(6-13)14-10-3-2-9(11)4-8(10)5-12/h2-4,7,13H,6H2,1H3. The summed E-state index contributed by atoms with van der Waals surface area (Å²) in [5, 5.41) is 17.6. The molecule has 0 aliphatic rings. The summed E-state index contributed by atoms with van der Waals surface area (Å²) in [6.45, 7) is 1.88. The number of aliphatic hydroxyl groups is 1. The Bertz CT molecular complexity index is 362. The first-order valence-corrected chi connectivity index (χ1v) is 5.02. The Kier molecular flexibility index (Phi) is 3.93. The van der Waals surface area contributed by atoms with Crippen LogP contribution in [0.4, 0.5) is 4.39 Å². The lowest BCUT2D eigenvalue weighted by Gasteiger charge is -2.08. The van der Waals surface area contributed by atoms with Crippen LogP contribution < -0.4 is 0 Å². The Labute approximate surface area is 86.4 Å². The molecule has 1 N–H and O–H groups in total. The maximum atomic E-state index is 12.7. The fourth-order valence-corrected chi connectivity index (χ4v) is 1.83. The average Bonchev–Trinajstić information content (AvgIpc) is 2.20. The molecule has 1 unspecified atom stereocenters. The van der Waals surface area contributed by atoms with E-state index in [1.165, 1.54) is 23.9 Å². The molecule has 14 heavy (non-hydrogen) atoms. The van der Waals surface area contributed by atoms with Crippen LogP contribution in [0.1, 0.15) is 12.5 Å². The molecule has 0 saturated heterocycles. The van der Waals surface area contributed by atoms with Crippen molar-refractivity contribution in [3.05, 3.63) is 29.6 Å². The zero-order valence-corrected chi connectivity index (χ0v) is 8.51. The SMILES string of the molecule is CC(CO)Sc1ccc(F)cc1C#N. The number of aliphatic hydroxyl groups excluding tert-OH is 1. The highest BCUT2D eigenvalue weighted by Crippen LogP contribution is 2.26. The summed E-state index contributed by atoms with van der Waals surface area (Å²) in [6.07, 6.45) is 0. The van der Waals surface area contributed by atoms with Gasteiger partial charge < -0.3 is 5.11 Å². The van der Waals surface area contributed by atoms with E-state index in [1.807, 2.05) is 13.0 Å². The van der Waals surface area contributed by atoms with Crippen molar-refractivity contribution in [2.75, 3.05) is 6.61 Å². The molecule has 0 fully saturated rings. The van der Waals surface area contributed by atoms with E-state index in [0.717, 1.165) is 0 Å². The van der Waals surface area contributed by atoms with Crippen molar-refractivity contribution in [1.82, 2.24) is 0 Å². The zero-order chi connectivity index (χ0) is 10.6. The molecule has 1 rings (SSSR count). The number of nitrogens with zero attached hydrogens (tertiary/aromatic N) is 1. The number of hydrogen-bond donors (Lipinski definition) is 1. The molecule has 0 radical (unpaired) electrons. The molecule has 0 spiro atoms. The molecule has 1 aromatic rings. The van der Waals surface area contributed by atoms with Gasteiger partial charge in [0, 0.05) is 10.1 Å². The van der Waals surface area contributed by atoms with Crippen molar-refractivity contribution in [1.29, 1.82) is 5.26 Å². The number of nitriles is 1. The second kappa shape index (κ2) is 4.99. The van der Waals surface area contributed by atoms with Gasteiger partial charge in [0.25, 0.3) is 0 Å². The Hall–Kier alpha value is -1.05. The summed E-state index contributed by atoms with van der Waals surface area (Å²) < 4.78 is 12.7. The lowest BCUT2D eigenvalue weighted by Crippen LogP contribution is -2.02. The summed E-state index contributed by atoms with van der Waals surface area (Å²) in [6, 6.07) is 6.00. The van der Waals surface area contributed by atoms with Crippen LogP contribution in [-0.2, 0) is 0 Å². The van der Waals surface area contributed by atoms with Gasteiger partial charge in [-0.15, -0.1) is 11.8 Å². The fourth-order valence-electron chi connectivity index (χ4n) is 0.946. The molecule has 74 valence electrons. The first-order valence-electron chi connectivity index (χ1n) is 4.14. The van der Waals surface area contributed by atoms with E-state index >= 15 is 0 Å². The number of thioether (sulfide) groups is 1. The molecule has 4 heteroatoms. The summed E-state index contributed by atoms with van der Waals surface area (Å²) in [5.41, 5.74) is 0.315. The van der Waals surface area contributed by atoms with Gasteiger partial charge in [0.05, 0.1) is 12.2 Å². The Morgan fingerprint density at radius 1 is 1.64 bits per heavy atom. The molecule has 0 aliphatic heterocycles. The van der Waals surface area contributed by atoms with E-state index in [-0.39, 0.29) is 11.9 Å². The third kappa shape index (κ3) is 2.72. The highest BCUT2D eigenvalue weighted by atomic mass is 32.2. The minimum Gasteiger partial charge on any atom is -0.395 e. The van der Waals surface area contributed by atoms with Crippen molar-refractivity contribution >= 4 is 11.8 Å². The van der Waals surface area contributed by atoms with Gasteiger partial charge in [0.2, 0.25) is 0 Å². The number of rotatable bonds is 3. The third-order valence-electron chi connectivity index (χ3n) is 1.65. The predicted octanol–water partition coefficient (Wildman–Crippen LogP) is 2.17. The molecule has 0 heterocycles. The van der Waals surface area contributed by atoms with E-state index in [1.54, 1.807) is 6.07 Å². The summed E-state index contributed by atoms with van der Waals surface area (Å²) >= 11 is 1.36. The number of hydrogen-bond acceptors (Lipinski definition) is 3. The van der Waals surface area contributed by atoms with Gasteiger partial charge in [0.15, 0.2) is 0 Å². The summed E-state index contributed by atoms with van der Waals surface area (Å²) in [7, 11) is 0. The third-order valence-corrected chi connectivity index (χ3v) is 2.81. The molecule has 0 aliphatic carbocycles. The van der Waals surface area contributed by atoms with Gasteiger partial charge in [-0.3, -0.25) is 0 Å². The molecule has 0 bridgehead atoms. The van der Waals surface area contributed by atoms with Gasteiger partial charge in [-0.2, -0.15) is 5.26 Å². The number of benzene rings is 1. The normalized spacial score (nSPS) is 12.1. The minimum absolute atomic E-state index is 0.00700.